The molecule has 2 aromatic carbocycles. The molecule has 2 aromatic rings. The minimum atomic E-state index is -0.987. The maximum absolute atomic E-state index is 12.5. The topological polar surface area (TPSA) is 26.3 Å². The van der Waals surface area contributed by atoms with Gasteiger partial charge < -0.3 is 4.74 Å². The Labute approximate surface area is 129 Å². The highest BCUT2D eigenvalue weighted by Gasteiger charge is 2.40. The Balaban J connectivity index is 2.56. The molecule has 0 aliphatic rings. The number of thioether (sulfide) groups is 1. The lowest BCUT2D eigenvalue weighted by atomic mass is 9.98. The summed E-state index contributed by atoms with van der Waals surface area (Å²) in [6, 6.07) is 19.3. The summed E-state index contributed by atoms with van der Waals surface area (Å²) in [6.07, 6.45) is 1.66. The van der Waals surface area contributed by atoms with Crippen LogP contribution in [0.15, 0.2) is 83.9 Å². The molecule has 0 saturated carbocycles. The summed E-state index contributed by atoms with van der Waals surface area (Å²) in [6.45, 7) is 3.63. The fourth-order valence-electron chi connectivity index (χ4n) is 2.05. The van der Waals surface area contributed by atoms with Gasteiger partial charge in [-0.25, -0.2) is 4.79 Å². The van der Waals surface area contributed by atoms with Crippen LogP contribution in [0, 0.1) is 0 Å². The molecule has 1 unspecified atom stereocenters. The van der Waals surface area contributed by atoms with Crippen LogP contribution in [-0.2, 0) is 14.3 Å². The number of hydrogen-bond donors (Lipinski definition) is 0. The van der Waals surface area contributed by atoms with Gasteiger partial charge in [-0.2, -0.15) is 0 Å². The van der Waals surface area contributed by atoms with Gasteiger partial charge in [0.2, 0.25) is 0 Å². The SMILES string of the molecule is C=C=CC(Sc1ccccc1)(C(=O)OC)c1ccccc1. The highest BCUT2D eigenvalue weighted by atomic mass is 32.2. The monoisotopic (exact) mass is 296 g/mol. The van der Waals surface area contributed by atoms with Gasteiger partial charge in [-0.1, -0.05) is 66.9 Å². The Morgan fingerprint density at radius 2 is 1.71 bits per heavy atom. The number of benzene rings is 2. The molecule has 1 atom stereocenters. The van der Waals surface area contributed by atoms with Crippen molar-refractivity contribution in [1.29, 1.82) is 0 Å². The quantitative estimate of drug-likeness (QED) is 0.470. The molecule has 0 N–H and O–H groups in total. The van der Waals surface area contributed by atoms with E-state index in [1.54, 1.807) is 6.08 Å². The lowest BCUT2D eigenvalue weighted by Crippen LogP contribution is -2.31. The lowest BCUT2D eigenvalue weighted by molar-refractivity contribution is -0.142. The number of carbonyl (C=O) groups excluding carboxylic acids is 1. The molecule has 0 aliphatic heterocycles. The summed E-state index contributed by atoms with van der Waals surface area (Å²) in [7, 11) is 1.39. The third-order valence-electron chi connectivity index (χ3n) is 3.02. The van der Waals surface area contributed by atoms with Gasteiger partial charge >= 0.3 is 5.97 Å². The average molecular weight is 296 g/mol. The van der Waals surface area contributed by atoms with Gasteiger partial charge in [0.1, 0.15) is 0 Å². The minimum Gasteiger partial charge on any atom is -0.467 e. The second-order valence-electron chi connectivity index (χ2n) is 4.36. The number of esters is 1. The van der Waals surface area contributed by atoms with Crippen molar-refractivity contribution in [2.75, 3.05) is 7.11 Å². The van der Waals surface area contributed by atoms with E-state index < -0.39 is 4.75 Å². The number of ether oxygens (including phenoxy) is 1. The van der Waals surface area contributed by atoms with E-state index >= 15 is 0 Å². The first-order chi connectivity index (χ1) is 10.2. The Hall–Kier alpha value is -2.22. The van der Waals surface area contributed by atoms with Crippen molar-refractivity contribution in [3.63, 3.8) is 0 Å². The van der Waals surface area contributed by atoms with E-state index in [4.69, 9.17) is 4.74 Å². The molecule has 2 nitrogen and oxygen atoms in total. The van der Waals surface area contributed by atoms with Crippen LogP contribution in [0.2, 0.25) is 0 Å². The van der Waals surface area contributed by atoms with Crippen LogP contribution >= 0.6 is 11.8 Å². The smallest absolute Gasteiger partial charge is 0.331 e. The maximum Gasteiger partial charge on any atom is 0.331 e. The molecular formula is C18H16O2S. The molecule has 0 spiro atoms. The highest BCUT2D eigenvalue weighted by molar-refractivity contribution is 8.01. The zero-order chi connectivity index (χ0) is 15.1. The fourth-order valence-corrected chi connectivity index (χ4v) is 3.27. The van der Waals surface area contributed by atoms with Gasteiger partial charge in [0, 0.05) is 4.90 Å². The molecule has 0 bridgehead atoms. The van der Waals surface area contributed by atoms with Crippen LogP contribution in [0.25, 0.3) is 0 Å². The Kier molecular flexibility index (Phi) is 5.04. The summed E-state index contributed by atoms with van der Waals surface area (Å²) in [5.41, 5.74) is 3.58. The van der Waals surface area contributed by atoms with Crippen molar-refractivity contribution in [3.8, 4) is 0 Å². The van der Waals surface area contributed by atoms with E-state index in [9.17, 15) is 4.79 Å². The summed E-state index contributed by atoms with van der Waals surface area (Å²) in [5.74, 6) is -0.348. The number of hydrogen-bond acceptors (Lipinski definition) is 3. The molecular weight excluding hydrogens is 280 g/mol. The second-order valence-corrected chi connectivity index (χ2v) is 5.68. The van der Waals surface area contributed by atoms with Crippen LogP contribution < -0.4 is 0 Å². The summed E-state index contributed by atoms with van der Waals surface area (Å²) < 4.78 is 4.05. The van der Waals surface area contributed by atoms with Gasteiger partial charge in [0.25, 0.3) is 0 Å². The van der Waals surface area contributed by atoms with Crippen molar-refractivity contribution in [2.45, 2.75) is 9.64 Å². The highest BCUT2D eigenvalue weighted by Crippen LogP contribution is 2.43. The first-order valence-corrected chi connectivity index (χ1v) is 7.29. The number of rotatable bonds is 5. The Morgan fingerprint density at radius 3 is 2.24 bits per heavy atom. The second kappa shape index (κ2) is 6.98. The van der Waals surface area contributed by atoms with Crippen molar-refractivity contribution in [1.82, 2.24) is 0 Å². The van der Waals surface area contributed by atoms with Crippen LogP contribution in [-0.4, -0.2) is 13.1 Å². The predicted octanol–water partition coefficient (Wildman–Crippen LogP) is 4.19. The van der Waals surface area contributed by atoms with E-state index in [-0.39, 0.29) is 5.97 Å². The van der Waals surface area contributed by atoms with Crippen LogP contribution in [0.3, 0.4) is 0 Å². The molecule has 0 heterocycles. The minimum absolute atomic E-state index is 0.348. The molecule has 0 fully saturated rings. The van der Waals surface area contributed by atoms with Gasteiger partial charge in [0.05, 0.1) is 7.11 Å². The molecule has 2 rings (SSSR count). The van der Waals surface area contributed by atoms with Gasteiger partial charge in [-0.15, -0.1) is 5.73 Å². The molecule has 0 amide bonds. The zero-order valence-corrected chi connectivity index (χ0v) is 12.6. The van der Waals surface area contributed by atoms with Crippen molar-refractivity contribution in [2.24, 2.45) is 0 Å². The normalized spacial score (nSPS) is 12.8. The fraction of sp³-hybridized carbons (Fsp3) is 0.111. The third-order valence-corrected chi connectivity index (χ3v) is 4.37. The molecule has 0 aliphatic carbocycles. The maximum atomic E-state index is 12.5. The van der Waals surface area contributed by atoms with E-state index in [0.29, 0.717) is 0 Å². The number of carbonyl (C=O) groups is 1. The molecule has 0 radical (unpaired) electrons. The van der Waals surface area contributed by atoms with E-state index in [2.05, 4.69) is 12.3 Å². The van der Waals surface area contributed by atoms with Crippen LogP contribution in [0.1, 0.15) is 5.56 Å². The Morgan fingerprint density at radius 1 is 1.14 bits per heavy atom. The molecule has 106 valence electrons. The van der Waals surface area contributed by atoms with Gasteiger partial charge in [-0.05, 0) is 23.8 Å². The van der Waals surface area contributed by atoms with E-state index in [0.717, 1.165) is 10.5 Å². The number of methoxy groups -OCH3 is 1. The Bertz CT molecular complexity index is 645. The van der Waals surface area contributed by atoms with Crippen molar-refractivity contribution < 1.29 is 9.53 Å². The standard InChI is InChI=1S/C18H16O2S/c1-3-14-18(17(19)20-2,15-10-6-4-7-11-15)21-16-12-8-5-9-13-16/h4-14H,1H2,2H3. The first-order valence-electron chi connectivity index (χ1n) is 6.48. The summed E-state index contributed by atoms with van der Waals surface area (Å²) in [4.78, 5) is 13.5. The van der Waals surface area contributed by atoms with Gasteiger partial charge in [0.15, 0.2) is 4.75 Å². The van der Waals surface area contributed by atoms with E-state index in [1.807, 2.05) is 60.7 Å². The third kappa shape index (κ3) is 3.27. The largest absolute Gasteiger partial charge is 0.467 e. The molecule has 0 saturated heterocycles. The van der Waals surface area contributed by atoms with Crippen LogP contribution in [0.5, 0.6) is 0 Å². The zero-order valence-electron chi connectivity index (χ0n) is 11.8. The molecule has 21 heavy (non-hydrogen) atoms. The predicted molar refractivity (Wildman–Crippen MR) is 86.1 cm³/mol. The lowest BCUT2D eigenvalue weighted by Gasteiger charge is -2.27. The van der Waals surface area contributed by atoms with Crippen molar-refractivity contribution >= 4 is 17.7 Å². The van der Waals surface area contributed by atoms with Gasteiger partial charge in [-0.3, -0.25) is 0 Å². The average Bonchev–Trinajstić information content (AvgIpc) is 2.55. The summed E-state index contributed by atoms with van der Waals surface area (Å²) in [5, 5.41) is 0. The molecule has 3 heteroatoms. The first kappa shape index (κ1) is 15.2. The molecule has 0 aromatic heterocycles. The van der Waals surface area contributed by atoms with Crippen LogP contribution in [0.4, 0.5) is 0 Å². The van der Waals surface area contributed by atoms with Crippen molar-refractivity contribution in [3.05, 3.63) is 84.6 Å². The van der Waals surface area contributed by atoms with E-state index in [1.165, 1.54) is 18.9 Å². The summed E-state index contributed by atoms with van der Waals surface area (Å²) >= 11 is 1.41.